The van der Waals surface area contributed by atoms with E-state index in [0.717, 1.165) is 18.4 Å². The van der Waals surface area contributed by atoms with Gasteiger partial charge in [0.05, 0.1) is 6.54 Å². The summed E-state index contributed by atoms with van der Waals surface area (Å²) in [6.45, 7) is 1.82. The van der Waals surface area contributed by atoms with Gasteiger partial charge in [0.25, 0.3) is 5.91 Å². The normalized spacial score (nSPS) is 13.2. The van der Waals surface area contributed by atoms with Crippen LogP contribution in [0.2, 0.25) is 0 Å². The van der Waals surface area contributed by atoms with E-state index in [1.54, 1.807) is 37.3 Å². The first-order valence-electron chi connectivity index (χ1n) is 8.22. The Labute approximate surface area is 145 Å². The quantitative estimate of drug-likeness (QED) is 0.756. The molecule has 0 aromatic heterocycles. The highest BCUT2D eigenvalue weighted by Gasteiger charge is 2.23. The molecule has 3 rings (SSSR count). The van der Waals surface area contributed by atoms with Crippen molar-refractivity contribution in [3.8, 4) is 0 Å². The minimum atomic E-state index is -0.311. The monoisotopic (exact) mass is 341 g/mol. The lowest BCUT2D eigenvalue weighted by Crippen LogP contribution is -2.26. The van der Waals surface area contributed by atoms with Gasteiger partial charge in [-0.15, -0.1) is 0 Å². The molecule has 1 aliphatic rings. The Morgan fingerprint density at radius 1 is 1.16 bits per heavy atom. The predicted octanol–water partition coefficient (Wildman–Crippen LogP) is 3.08. The third kappa shape index (κ3) is 4.79. The number of carbonyl (C=O) groups is 2. The molecule has 1 aliphatic carbocycles. The van der Waals surface area contributed by atoms with Crippen LogP contribution < -0.4 is 16.0 Å². The van der Waals surface area contributed by atoms with E-state index < -0.39 is 0 Å². The van der Waals surface area contributed by atoms with Crippen LogP contribution in [0.5, 0.6) is 0 Å². The Morgan fingerprint density at radius 2 is 1.96 bits per heavy atom. The Kier molecular flexibility index (Phi) is 4.97. The van der Waals surface area contributed by atoms with Crippen LogP contribution >= 0.6 is 0 Å². The third-order valence-electron chi connectivity index (χ3n) is 3.95. The van der Waals surface area contributed by atoms with Gasteiger partial charge in [0.1, 0.15) is 5.82 Å². The maximum absolute atomic E-state index is 13.1. The number of anilines is 2. The van der Waals surface area contributed by atoms with Crippen molar-refractivity contribution in [2.24, 2.45) is 0 Å². The molecule has 25 heavy (non-hydrogen) atoms. The number of benzene rings is 2. The molecular formula is C19H20FN3O2. The molecule has 0 saturated heterocycles. The summed E-state index contributed by atoms with van der Waals surface area (Å²) in [5.41, 5.74) is 2.51. The fourth-order valence-electron chi connectivity index (χ4n) is 2.44. The van der Waals surface area contributed by atoms with Crippen molar-refractivity contribution in [3.05, 3.63) is 59.4 Å². The van der Waals surface area contributed by atoms with E-state index in [1.807, 2.05) is 0 Å². The summed E-state index contributed by atoms with van der Waals surface area (Å²) < 4.78 is 13.1. The molecular weight excluding hydrogens is 321 g/mol. The Hall–Kier alpha value is -2.89. The molecule has 3 N–H and O–H groups in total. The van der Waals surface area contributed by atoms with E-state index in [9.17, 15) is 14.0 Å². The summed E-state index contributed by atoms with van der Waals surface area (Å²) in [5, 5.41) is 8.64. The van der Waals surface area contributed by atoms with Crippen LogP contribution in [-0.4, -0.2) is 24.4 Å². The molecule has 0 unspecified atom stereocenters. The van der Waals surface area contributed by atoms with Gasteiger partial charge in [-0.2, -0.15) is 0 Å². The summed E-state index contributed by atoms with van der Waals surface area (Å²) in [6.07, 6.45) is 2.05. The van der Waals surface area contributed by atoms with Gasteiger partial charge in [-0.25, -0.2) is 4.39 Å². The van der Waals surface area contributed by atoms with Gasteiger partial charge in [-0.3, -0.25) is 9.59 Å². The molecule has 0 heterocycles. The molecule has 1 saturated carbocycles. The zero-order valence-corrected chi connectivity index (χ0v) is 13.9. The molecule has 0 bridgehead atoms. The molecule has 5 nitrogen and oxygen atoms in total. The lowest BCUT2D eigenvalue weighted by molar-refractivity contribution is -0.114. The first-order valence-corrected chi connectivity index (χ1v) is 8.22. The average molecular weight is 341 g/mol. The second-order valence-corrected chi connectivity index (χ2v) is 6.19. The number of amides is 2. The molecule has 0 spiro atoms. The fraction of sp³-hybridized carbons (Fsp3) is 0.263. The zero-order valence-electron chi connectivity index (χ0n) is 13.9. The first kappa shape index (κ1) is 17.0. The SMILES string of the molecule is Cc1cc(F)ccc1NCC(=O)Nc1cccc(C(=O)NC2CC2)c1. The first-order chi connectivity index (χ1) is 12.0. The minimum Gasteiger partial charge on any atom is -0.376 e. The smallest absolute Gasteiger partial charge is 0.251 e. The Balaban J connectivity index is 1.56. The van der Waals surface area contributed by atoms with Crippen LogP contribution in [0.3, 0.4) is 0 Å². The molecule has 1 fully saturated rings. The molecule has 6 heteroatoms. The highest BCUT2D eigenvalue weighted by molar-refractivity contribution is 5.98. The van der Waals surface area contributed by atoms with E-state index in [2.05, 4.69) is 16.0 Å². The summed E-state index contributed by atoms with van der Waals surface area (Å²) in [6, 6.07) is 11.5. The van der Waals surface area contributed by atoms with Gasteiger partial charge < -0.3 is 16.0 Å². The van der Waals surface area contributed by atoms with Crippen molar-refractivity contribution in [1.29, 1.82) is 0 Å². The zero-order chi connectivity index (χ0) is 17.8. The summed E-state index contributed by atoms with van der Waals surface area (Å²) in [4.78, 5) is 24.1. The van der Waals surface area contributed by atoms with Crippen LogP contribution in [0.15, 0.2) is 42.5 Å². The van der Waals surface area contributed by atoms with Crippen LogP contribution in [0.4, 0.5) is 15.8 Å². The van der Waals surface area contributed by atoms with Crippen molar-refractivity contribution < 1.29 is 14.0 Å². The van der Waals surface area contributed by atoms with E-state index in [-0.39, 0.29) is 30.2 Å². The average Bonchev–Trinajstić information content (AvgIpc) is 3.38. The topological polar surface area (TPSA) is 70.2 Å². The molecule has 0 radical (unpaired) electrons. The summed E-state index contributed by atoms with van der Waals surface area (Å²) >= 11 is 0. The maximum Gasteiger partial charge on any atom is 0.251 e. The number of hydrogen-bond acceptors (Lipinski definition) is 3. The number of halogens is 1. The fourth-order valence-corrected chi connectivity index (χ4v) is 2.44. The van der Waals surface area contributed by atoms with Crippen molar-refractivity contribution in [3.63, 3.8) is 0 Å². The third-order valence-corrected chi connectivity index (χ3v) is 3.95. The molecule has 0 atom stereocenters. The molecule has 2 aromatic rings. The summed E-state index contributed by atoms with van der Waals surface area (Å²) in [7, 11) is 0. The molecule has 2 aromatic carbocycles. The predicted molar refractivity (Wildman–Crippen MR) is 95.2 cm³/mol. The van der Waals surface area contributed by atoms with Crippen LogP contribution in [0, 0.1) is 12.7 Å². The van der Waals surface area contributed by atoms with Crippen LogP contribution in [-0.2, 0) is 4.79 Å². The highest BCUT2D eigenvalue weighted by atomic mass is 19.1. The van der Waals surface area contributed by atoms with Crippen LogP contribution in [0.1, 0.15) is 28.8 Å². The van der Waals surface area contributed by atoms with Crippen molar-refractivity contribution in [2.45, 2.75) is 25.8 Å². The number of carbonyl (C=O) groups excluding carboxylic acids is 2. The number of hydrogen-bond donors (Lipinski definition) is 3. The Bertz CT molecular complexity index is 803. The Morgan fingerprint density at radius 3 is 2.68 bits per heavy atom. The highest BCUT2D eigenvalue weighted by Crippen LogP contribution is 2.20. The minimum absolute atomic E-state index is 0.0466. The van der Waals surface area contributed by atoms with Gasteiger partial charge in [0.15, 0.2) is 0 Å². The van der Waals surface area contributed by atoms with Gasteiger partial charge in [0.2, 0.25) is 5.91 Å². The second kappa shape index (κ2) is 7.34. The van der Waals surface area contributed by atoms with Crippen LogP contribution in [0.25, 0.3) is 0 Å². The largest absolute Gasteiger partial charge is 0.376 e. The molecule has 130 valence electrons. The van der Waals surface area contributed by atoms with Gasteiger partial charge >= 0.3 is 0 Å². The molecule has 0 aliphatic heterocycles. The standard InChI is InChI=1S/C19H20FN3O2/c1-12-9-14(20)5-8-17(12)21-11-18(24)22-16-4-2-3-13(10-16)19(25)23-15-6-7-15/h2-5,8-10,15,21H,6-7,11H2,1H3,(H,22,24)(H,23,25). The van der Waals surface area contributed by atoms with Crippen molar-refractivity contribution >= 4 is 23.2 Å². The molecule has 2 amide bonds. The number of rotatable bonds is 6. The number of aryl methyl sites for hydroxylation is 1. The van der Waals surface area contributed by atoms with Crippen molar-refractivity contribution in [2.75, 3.05) is 17.2 Å². The number of nitrogens with one attached hydrogen (secondary N) is 3. The second-order valence-electron chi connectivity index (χ2n) is 6.19. The lowest BCUT2D eigenvalue weighted by atomic mass is 10.2. The van der Waals surface area contributed by atoms with Gasteiger partial charge in [0, 0.05) is 23.0 Å². The summed E-state index contributed by atoms with van der Waals surface area (Å²) in [5.74, 6) is -0.684. The van der Waals surface area contributed by atoms with E-state index in [1.165, 1.54) is 12.1 Å². The lowest BCUT2D eigenvalue weighted by Gasteiger charge is -2.11. The van der Waals surface area contributed by atoms with E-state index >= 15 is 0 Å². The van der Waals surface area contributed by atoms with E-state index in [4.69, 9.17) is 0 Å². The maximum atomic E-state index is 13.1. The van der Waals surface area contributed by atoms with Gasteiger partial charge in [-0.05, 0) is 61.7 Å². The van der Waals surface area contributed by atoms with E-state index in [0.29, 0.717) is 16.9 Å². The van der Waals surface area contributed by atoms with Crippen molar-refractivity contribution in [1.82, 2.24) is 5.32 Å². The van der Waals surface area contributed by atoms with Gasteiger partial charge in [-0.1, -0.05) is 6.07 Å².